The van der Waals surface area contributed by atoms with Crippen LogP contribution in [0.4, 0.5) is 18.9 Å². The van der Waals surface area contributed by atoms with Crippen molar-refractivity contribution in [2.45, 2.75) is 50.3 Å². The van der Waals surface area contributed by atoms with Gasteiger partial charge in [-0.1, -0.05) is 67.4 Å². The van der Waals surface area contributed by atoms with Crippen LogP contribution in [0.2, 0.25) is 10.0 Å². The maximum Gasteiger partial charge on any atom is 0.417 e. The molecule has 13 heteroatoms. The van der Waals surface area contributed by atoms with Crippen LogP contribution in [0, 0.1) is 0 Å². The summed E-state index contributed by atoms with van der Waals surface area (Å²) in [5.74, 6) is -1.24. The first-order chi connectivity index (χ1) is 19.8. The van der Waals surface area contributed by atoms with Gasteiger partial charge in [-0.15, -0.1) is 0 Å². The number of amides is 2. The van der Waals surface area contributed by atoms with Crippen LogP contribution in [0.5, 0.6) is 0 Å². The summed E-state index contributed by atoms with van der Waals surface area (Å²) < 4.78 is 69.4. The van der Waals surface area contributed by atoms with Crippen molar-refractivity contribution in [1.82, 2.24) is 10.2 Å². The smallest absolute Gasteiger partial charge is 0.354 e. The number of nitrogens with one attached hydrogen (secondary N) is 1. The minimum atomic E-state index is -4.88. The molecule has 0 bridgehead atoms. The van der Waals surface area contributed by atoms with Crippen molar-refractivity contribution >= 4 is 50.7 Å². The summed E-state index contributed by atoms with van der Waals surface area (Å²) in [6.45, 7) is 2.96. The zero-order chi connectivity index (χ0) is 31.1. The van der Waals surface area contributed by atoms with Gasteiger partial charge in [-0.3, -0.25) is 13.9 Å². The average molecular weight is 645 g/mol. The van der Waals surface area contributed by atoms with Gasteiger partial charge in [0, 0.05) is 18.1 Å². The van der Waals surface area contributed by atoms with Crippen molar-refractivity contribution in [3.8, 4) is 0 Å². The molecular weight excluding hydrogens is 614 g/mol. The van der Waals surface area contributed by atoms with Crippen LogP contribution in [0.3, 0.4) is 0 Å². The van der Waals surface area contributed by atoms with Gasteiger partial charge in [0.1, 0.15) is 12.6 Å². The number of benzene rings is 3. The SMILES string of the molecule is CCCNC(=O)C(CC)N(Cc1ccc(Cl)cc1)C(=O)CN(c1ccc(Cl)c(C(F)(F)F)c1)S(=O)(=O)c1ccccc1. The third-order valence-electron chi connectivity index (χ3n) is 6.35. The number of halogens is 5. The Labute approximate surface area is 253 Å². The third kappa shape index (κ3) is 8.17. The first-order valence-corrected chi connectivity index (χ1v) is 15.2. The monoisotopic (exact) mass is 643 g/mol. The van der Waals surface area contributed by atoms with E-state index in [4.69, 9.17) is 23.2 Å². The molecular formula is C29H30Cl2F3N3O4S. The number of alkyl halides is 3. The molecule has 0 saturated carbocycles. The summed E-state index contributed by atoms with van der Waals surface area (Å²) >= 11 is 11.8. The Morgan fingerprint density at radius 2 is 1.60 bits per heavy atom. The Kier molecular flexibility index (Phi) is 11.3. The van der Waals surface area contributed by atoms with Gasteiger partial charge in [-0.25, -0.2) is 8.42 Å². The summed E-state index contributed by atoms with van der Waals surface area (Å²) in [6.07, 6.45) is -4.04. The normalized spacial score (nSPS) is 12.5. The quantitative estimate of drug-likeness (QED) is 0.243. The summed E-state index contributed by atoms with van der Waals surface area (Å²) in [5.41, 5.74) is -1.07. The molecule has 2 amide bonds. The zero-order valence-corrected chi connectivity index (χ0v) is 25.2. The van der Waals surface area contributed by atoms with E-state index < -0.39 is 56.9 Å². The first kappa shape index (κ1) is 33.2. The van der Waals surface area contributed by atoms with Gasteiger partial charge in [0.05, 0.1) is 21.2 Å². The summed E-state index contributed by atoms with van der Waals surface area (Å²) in [7, 11) is -4.55. The van der Waals surface area contributed by atoms with Gasteiger partial charge in [-0.2, -0.15) is 13.2 Å². The Bertz CT molecular complexity index is 1490. The maximum atomic E-state index is 14.0. The molecule has 0 aliphatic heterocycles. The molecule has 1 unspecified atom stereocenters. The molecule has 0 spiro atoms. The molecule has 226 valence electrons. The lowest BCUT2D eigenvalue weighted by Crippen LogP contribution is -2.52. The summed E-state index contributed by atoms with van der Waals surface area (Å²) in [5, 5.41) is 2.58. The number of carbonyl (C=O) groups excluding carboxylic acids is 2. The standard InChI is InChI=1S/C29H30Cl2F3N3O4S/c1-3-16-35-28(39)26(4-2)36(18-20-10-12-21(30)13-11-20)27(38)19-37(42(40,41)23-8-6-5-7-9-23)22-14-15-25(31)24(17-22)29(32,33)34/h5-15,17,26H,3-4,16,18-19H2,1-2H3,(H,35,39). The second kappa shape index (κ2) is 14.3. The molecule has 1 atom stereocenters. The van der Waals surface area contributed by atoms with Crippen molar-refractivity contribution in [2.75, 3.05) is 17.4 Å². The van der Waals surface area contributed by atoms with Crippen LogP contribution in [-0.4, -0.2) is 44.3 Å². The highest BCUT2D eigenvalue weighted by molar-refractivity contribution is 7.92. The molecule has 0 fully saturated rings. The highest BCUT2D eigenvalue weighted by Gasteiger charge is 2.37. The molecule has 7 nitrogen and oxygen atoms in total. The number of anilines is 1. The predicted octanol–water partition coefficient (Wildman–Crippen LogP) is 6.54. The van der Waals surface area contributed by atoms with E-state index in [1.54, 1.807) is 37.3 Å². The van der Waals surface area contributed by atoms with E-state index in [1.165, 1.54) is 29.2 Å². The van der Waals surface area contributed by atoms with Crippen LogP contribution in [0.1, 0.15) is 37.8 Å². The van der Waals surface area contributed by atoms with Crippen molar-refractivity contribution < 1.29 is 31.2 Å². The van der Waals surface area contributed by atoms with E-state index in [-0.39, 0.29) is 17.9 Å². The van der Waals surface area contributed by atoms with E-state index in [1.807, 2.05) is 6.92 Å². The Balaban J connectivity index is 2.12. The van der Waals surface area contributed by atoms with Crippen molar-refractivity contribution in [3.05, 3.63) is 94.0 Å². The zero-order valence-electron chi connectivity index (χ0n) is 22.9. The summed E-state index contributed by atoms with van der Waals surface area (Å²) in [4.78, 5) is 28.0. The van der Waals surface area contributed by atoms with Gasteiger partial charge in [0.15, 0.2) is 0 Å². The Morgan fingerprint density at radius 1 is 0.952 bits per heavy atom. The van der Waals surface area contributed by atoms with Crippen molar-refractivity contribution in [1.29, 1.82) is 0 Å². The number of hydrogen-bond acceptors (Lipinski definition) is 4. The molecule has 3 aromatic carbocycles. The van der Waals surface area contributed by atoms with Gasteiger partial charge in [0.2, 0.25) is 11.8 Å². The van der Waals surface area contributed by atoms with Crippen LogP contribution in [0.25, 0.3) is 0 Å². The molecule has 3 rings (SSSR count). The van der Waals surface area contributed by atoms with Crippen LogP contribution >= 0.6 is 23.2 Å². The molecule has 0 saturated heterocycles. The predicted molar refractivity (Wildman–Crippen MR) is 157 cm³/mol. The van der Waals surface area contributed by atoms with E-state index in [2.05, 4.69) is 5.32 Å². The third-order valence-corrected chi connectivity index (χ3v) is 8.72. The van der Waals surface area contributed by atoms with Crippen molar-refractivity contribution in [3.63, 3.8) is 0 Å². The lowest BCUT2D eigenvalue weighted by Gasteiger charge is -2.33. The molecule has 0 aromatic heterocycles. The lowest BCUT2D eigenvalue weighted by molar-refractivity contribution is -0.140. The fraction of sp³-hybridized carbons (Fsp3) is 0.310. The van der Waals surface area contributed by atoms with E-state index >= 15 is 0 Å². The molecule has 0 aliphatic rings. The Hall–Kier alpha value is -3.28. The molecule has 0 aliphatic carbocycles. The minimum Gasteiger partial charge on any atom is -0.354 e. The van der Waals surface area contributed by atoms with Gasteiger partial charge >= 0.3 is 6.18 Å². The molecule has 42 heavy (non-hydrogen) atoms. The molecule has 1 N–H and O–H groups in total. The van der Waals surface area contributed by atoms with Crippen LogP contribution < -0.4 is 9.62 Å². The van der Waals surface area contributed by atoms with E-state index in [9.17, 15) is 31.2 Å². The molecule has 0 heterocycles. The number of carbonyl (C=O) groups is 2. The second-order valence-electron chi connectivity index (χ2n) is 9.35. The van der Waals surface area contributed by atoms with Crippen molar-refractivity contribution in [2.24, 2.45) is 0 Å². The summed E-state index contributed by atoms with van der Waals surface area (Å²) in [6, 6.07) is 15.2. The minimum absolute atomic E-state index is 0.0816. The van der Waals surface area contributed by atoms with E-state index in [0.29, 0.717) is 33.9 Å². The van der Waals surface area contributed by atoms with Crippen LogP contribution in [0.15, 0.2) is 77.7 Å². The van der Waals surface area contributed by atoms with Gasteiger partial charge in [0.25, 0.3) is 10.0 Å². The van der Waals surface area contributed by atoms with Gasteiger partial charge < -0.3 is 10.2 Å². The molecule has 0 radical (unpaired) electrons. The molecule has 3 aromatic rings. The highest BCUT2D eigenvalue weighted by atomic mass is 35.5. The number of rotatable bonds is 12. The lowest BCUT2D eigenvalue weighted by atomic mass is 10.1. The number of sulfonamides is 1. The fourth-order valence-corrected chi connectivity index (χ4v) is 5.98. The second-order valence-corrected chi connectivity index (χ2v) is 12.1. The van der Waals surface area contributed by atoms with Crippen LogP contribution in [-0.2, 0) is 32.3 Å². The van der Waals surface area contributed by atoms with E-state index in [0.717, 1.165) is 12.1 Å². The Morgan fingerprint density at radius 3 is 2.17 bits per heavy atom. The average Bonchev–Trinajstić information content (AvgIpc) is 2.95. The highest BCUT2D eigenvalue weighted by Crippen LogP contribution is 2.38. The first-order valence-electron chi connectivity index (χ1n) is 13.1. The topological polar surface area (TPSA) is 86.8 Å². The number of nitrogens with zero attached hydrogens (tertiary/aromatic N) is 2. The maximum absolute atomic E-state index is 14.0. The van der Waals surface area contributed by atoms with Gasteiger partial charge in [-0.05, 0) is 60.9 Å². The number of hydrogen-bond donors (Lipinski definition) is 1. The largest absolute Gasteiger partial charge is 0.417 e. The fourth-order valence-electron chi connectivity index (χ4n) is 4.21.